The Morgan fingerprint density at radius 2 is 1.88 bits per heavy atom. The van der Waals surface area contributed by atoms with E-state index in [4.69, 9.17) is 0 Å². The number of hydrogen-bond acceptors (Lipinski definition) is 6. The van der Waals surface area contributed by atoms with Gasteiger partial charge in [0, 0.05) is 37.3 Å². The minimum Gasteiger partial charge on any atom is -0.353 e. The first-order valence-electron chi connectivity index (χ1n) is 7.78. The molecule has 1 fully saturated rings. The third-order valence-corrected chi connectivity index (χ3v) is 4.43. The maximum atomic E-state index is 13.6. The van der Waals surface area contributed by atoms with Gasteiger partial charge in [-0.25, -0.2) is 24.3 Å². The number of likely N-dealkylation sites (N-methyl/N-ethyl adjacent to an activating group) is 1. The van der Waals surface area contributed by atoms with Crippen molar-refractivity contribution >= 4 is 22.5 Å². The highest BCUT2D eigenvalue weighted by molar-refractivity contribution is 5.89. The van der Waals surface area contributed by atoms with Crippen LogP contribution in [0.1, 0.15) is 5.69 Å². The van der Waals surface area contributed by atoms with Gasteiger partial charge in [0.1, 0.15) is 30.1 Å². The second kappa shape index (κ2) is 5.67. The molecule has 1 aliphatic rings. The lowest BCUT2D eigenvalue weighted by molar-refractivity contribution is 0.490. The summed E-state index contributed by atoms with van der Waals surface area (Å²) in [6, 6.07) is 6.86. The van der Waals surface area contributed by atoms with Crippen LogP contribution in [0.15, 0.2) is 36.9 Å². The Bertz CT molecular complexity index is 893. The molecule has 24 heavy (non-hydrogen) atoms. The zero-order valence-corrected chi connectivity index (χ0v) is 13.5. The first kappa shape index (κ1) is 14.7. The van der Waals surface area contributed by atoms with Gasteiger partial charge in [0.15, 0.2) is 0 Å². The summed E-state index contributed by atoms with van der Waals surface area (Å²) >= 11 is 0. The molecule has 0 spiro atoms. The fourth-order valence-corrected chi connectivity index (χ4v) is 2.97. The molecule has 4 rings (SSSR count). The van der Waals surface area contributed by atoms with Crippen LogP contribution in [-0.2, 0) is 0 Å². The van der Waals surface area contributed by atoms with E-state index in [1.807, 2.05) is 20.0 Å². The number of nitrogens with zero attached hydrogens (tertiary/aromatic N) is 6. The van der Waals surface area contributed by atoms with Crippen LogP contribution in [0.2, 0.25) is 0 Å². The maximum Gasteiger partial charge on any atom is 0.140 e. The Morgan fingerprint density at radius 3 is 2.67 bits per heavy atom. The van der Waals surface area contributed by atoms with Crippen molar-refractivity contribution in [3.63, 3.8) is 0 Å². The van der Waals surface area contributed by atoms with Crippen molar-refractivity contribution in [1.82, 2.24) is 19.9 Å². The van der Waals surface area contributed by atoms with Crippen LogP contribution >= 0.6 is 0 Å². The Kier molecular flexibility index (Phi) is 3.48. The van der Waals surface area contributed by atoms with Crippen molar-refractivity contribution in [3.8, 4) is 0 Å². The largest absolute Gasteiger partial charge is 0.353 e. The number of benzene rings is 1. The predicted molar refractivity (Wildman–Crippen MR) is 90.7 cm³/mol. The summed E-state index contributed by atoms with van der Waals surface area (Å²) in [5, 5.41) is 0.733. The van der Waals surface area contributed by atoms with Gasteiger partial charge in [-0.3, -0.25) is 0 Å². The number of halogens is 1. The molecule has 0 N–H and O–H groups in total. The summed E-state index contributed by atoms with van der Waals surface area (Å²) < 4.78 is 13.6. The van der Waals surface area contributed by atoms with E-state index in [0.29, 0.717) is 6.04 Å². The Hall–Kier alpha value is -2.83. The number of hydrogen-bond donors (Lipinski definition) is 0. The second-order valence-corrected chi connectivity index (χ2v) is 6.05. The van der Waals surface area contributed by atoms with Crippen molar-refractivity contribution in [2.45, 2.75) is 13.0 Å². The minimum atomic E-state index is -0.279. The lowest BCUT2D eigenvalue weighted by Crippen LogP contribution is -2.59. The average molecular weight is 324 g/mol. The molecule has 3 heterocycles. The molecule has 1 aliphatic heterocycles. The summed E-state index contributed by atoms with van der Waals surface area (Å²) in [7, 11) is 1.99. The standard InChI is InChI=1S/C17H17FN6/c1-11-5-16(21-9-19-11)24-7-13(8-24)23(2)17-14-6-12(18)3-4-15(14)20-10-22-17/h3-6,9-10,13H,7-8H2,1-2H3. The third-order valence-electron chi connectivity index (χ3n) is 4.43. The molecule has 0 amide bonds. The Balaban J connectivity index is 1.56. The van der Waals surface area contributed by atoms with Crippen molar-refractivity contribution < 1.29 is 4.39 Å². The SMILES string of the molecule is Cc1cc(N2CC(N(C)c3ncnc4ccc(F)cc34)C2)ncn1. The zero-order chi connectivity index (χ0) is 16.7. The van der Waals surface area contributed by atoms with E-state index in [1.54, 1.807) is 12.4 Å². The third kappa shape index (κ3) is 2.51. The topological polar surface area (TPSA) is 58.0 Å². The van der Waals surface area contributed by atoms with E-state index in [9.17, 15) is 4.39 Å². The maximum absolute atomic E-state index is 13.6. The summed E-state index contributed by atoms with van der Waals surface area (Å²) in [4.78, 5) is 21.3. The number of aromatic nitrogens is 4. The van der Waals surface area contributed by atoms with Crippen molar-refractivity contribution in [1.29, 1.82) is 0 Å². The van der Waals surface area contributed by atoms with E-state index >= 15 is 0 Å². The van der Waals surface area contributed by atoms with E-state index in [1.165, 1.54) is 18.5 Å². The first-order valence-corrected chi connectivity index (χ1v) is 7.78. The fourth-order valence-electron chi connectivity index (χ4n) is 2.97. The van der Waals surface area contributed by atoms with E-state index in [-0.39, 0.29) is 5.82 Å². The normalized spacial score (nSPS) is 14.7. The quantitative estimate of drug-likeness (QED) is 0.736. The van der Waals surface area contributed by atoms with Gasteiger partial charge in [0.2, 0.25) is 0 Å². The van der Waals surface area contributed by atoms with Gasteiger partial charge in [0.05, 0.1) is 11.6 Å². The van der Waals surface area contributed by atoms with E-state index in [2.05, 4.69) is 29.7 Å². The highest BCUT2D eigenvalue weighted by atomic mass is 19.1. The molecule has 0 atom stereocenters. The molecular formula is C17H17FN6. The lowest BCUT2D eigenvalue weighted by Gasteiger charge is -2.45. The molecule has 0 radical (unpaired) electrons. The van der Waals surface area contributed by atoms with Crippen molar-refractivity contribution in [2.24, 2.45) is 0 Å². The molecule has 0 aliphatic carbocycles. The van der Waals surface area contributed by atoms with Crippen LogP contribution in [0.25, 0.3) is 10.9 Å². The Labute approximate surface area is 139 Å². The average Bonchev–Trinajstić information content (AvgIpc) is 2.53. The van der Waals surface area contributed by atoms with E-state index < -0.39 is 0 Å². The molecule has 3 aromatic rings. The lowest BCUT2D eigenvalue weighted by atomic mass is 10.1. The van der Waals surface area contributed by atoms with Crippen LogP contribution in [-0.4, -0.2) is 46.1 Å². The second-order valence-electron chi connectivity index (χ2n) is 6.05. The van der Waals surface area contributed by atoms with Crippen LogP contribution in [0, 0.1) is 12.7 Å². The van der Waals surface area contributed by atoms with Gasteiger partial charge in [-0.05, 0) is 25.1 Å². The highest BCUT2D eigenvalue weighted by Gasteiger charge is 2.32. The number of anilines is 2. The number of aryl methyl sites for hydroxylation is 1. The molecule has 0 unspecified atom stereocenters. The molecule has 7 heteroatoms. The molecular weight excluding hydrogens is 307 g/mol. The van der Waals surface area contributed by atoms with Crippen LogP contribution in [0.5, 0.6) is 0 Å². The fraction of sp³-hybridized carbons (Fsp3) is 0.294. The molecule has 1 aromatic carbocycles. The number of fused-ring (bicyclic) bond motifs is 1. The smallest absolute Gasteiger partial charge is 0.140 e. The van der Waals surface area contributed by atoms with Crippen LogP contribution in [0.3, 0.4) is 0 Å². The van der Waals surface area contributed by atoms with Gasteiger partial charge in [-0.15, -0.1) is 0 Å². The first-order chi connectivity index (χ1) is 11.6. The Morgan fingerprint density at radius 1 is 1.08 bits per heavy atom. The van der Waals surface area contributed by atoms with Gasteiger partial charge in [-0.2, -0.15) is 0 Å². The van der Waals surface area contributed by atoms with Gasteiger partial charge >= 0.3 is 0 Å². The molecule has 122 valence electrons. The molecule has 6 nitrogen and oxygen atoms in total. The molecule has 0 saturated carbocycles. The summed E-state index contributed by atoms with van der Waals surface area (Å²) in [5.41, 5.74) is 1.70. The predicted octanol–water partition coefficient (Wildman–Crippen LogP) is 2.19. The summed E-state index contributed by atoms with van der Waals surface area (Å²) in [5.74, 6) is 1.41. The summed E-state index contributed by atoms with van der Waals surface area (Å²) in [6.07, 6.45) is 3.11. The zero-order valence-electron chi connectivity index (χ0n) is 13.5. The summed E-state index contributed by atoms with van der Waals surface area (Å²) in [6.45, 7) is 3.64. The van der Waals surface area contributed by atoms with Crippen molar-refractivity contribution in [2.75, 3.05) is 29.9 Å². The van der Waals surface area contributed by atoms with Crippen LogP contribution < -0.4 is 9.80 Å². The van der Waals surface area contributed by atoms with Gasteiger partial charge in [0.25, 0.3) is 0 Å². The molecule has 1 saturated heterocycles. The van der Waals surface area contributed by atoms with Crippen molar-refractivity contribution in [3.05, 3.63) is 48.4 Å². The molecule has 2 aromatic heterocycles. The highest BCUT2D eigenvalue weighted by Crippen LogP contribution is 2.28. The molecule has 0 bridgehead atoms. The van der Waals surface area contributed by atoms with Gasteiger partial charge in [-0.1, -0.05) is 0 Å². The van der Waals surface area contributed by atoms with E-state index in [0.717, 1.165) is 41.3 Å². The number of rotatable bonds is 3. The minimum absolute atomic E-state index is 0.279. The van der Waals surface area contributed by atoms with Gasteiger partial charge < -0.3 is 9.80 Å². The monoisotopic (exact) mass is 324 g/mol. The van der Waals surface area contributed by atoms with Crippen LogP contribution in [0.4, 0.5) is 16.0 Å².